The summed E-state index contributed by atoms with van der Waals surface area (Å²) in [7, 11) is 0. The van der Waals surface area contributed by atoms with E-state index in [1.165, 1.54) is 6.26 Å². The molecule has 3 aromatic carbocycles. The first-order valence-electron chi connectivity index (χ1n) is 14.5. The van der Waals surface area contributed by atoms with Crippen LogP contribution in [0, 0.1) is 5.92 Å². The van der Waals surface area contributed by atoms with Gasteiger partial charge in [0.05, 0.1) is 23.0 Å². The summed E-state index contributed by atoms with van der Waals surface area (Å²) in [6.45, 7) is 2.28. The Hall–Kier alpha value is -4.93. The van der Waals surface area contributed by atoms with Gasteiger partial charge >= 0.3 is 0 Å². The lowest BCUT2D eigenvalue weighted by Crippen LogP contribution is -2.40. The number of hydrogen-bond acceptors (Lipinski definition) is 8. The van der Waals surface area contributed by atoms with Crippen LogP contribution in [-0.4, -0.2) is 36.4 Å². The van der Waals surface area contributed by atoms with Gasteiger partial charge in [0, 0.05) is 42.7 Å². The molecular formula is C34H35N3O7. The lowest BCUT2D eigenvalue weighted by molar-refractivity contribution is -0.166. The van der Waals surface area contributed by atoms with E-state index in [9.17, 15) is 19.5 Å². The van der Waals surface area contributed by atoms with Crippen LogP contribution in [0.1, 0.15) is 47.2 Å². The molecule has 4 aromatic rings. The summed E-state index contributed by atoms with van der Waals surface area (Å²) in [5, 5.41) is 15.6. The van der Waals surface area contributed by atoms with Crippen LogP contribution in [0.4, 0.5) is 11.4 Å². The second kappa shape index (κ2) is 14.0. The molecule has 10 nitrogen and oxygen atoms in total. The number of amides is 2. The van der Waals surface area contributed by atoms with Gasteiger partial charge in [-0.05, 0) is 67.8 Å². The molecular weight excluding hydrogens is 562 g/mol. The third-order valence-electron chi connectivity index (χ3n) is 7.58. The minimum absolute atomic E-state index is 0.0257. The Kier molecular flexibility index (Phi) is 9.73. The van der Waals surface area contributed by atoms with Crippen LogP contribution < -0.4 is 21.8 Å². The fourth-order valence-corrected chi connectivity index (χ4v) is 5.29. The van der Waals surface area contributed by atoms with Crippen LogP contribution in [-0.2, 0) is 20.8 Å². The molecule has 0 fully saturated rings. The zero-order valence-corrected chi connectivity index (χ0v) is 24.3. The molecule has 0 spiro atoms. The van der Waals surface area contributed by atoms with Gasteiger partial charge in [-0.15, -0.1) is 0 Å². The van der Waals surface area contributed by atoms with Gasteiger partial charge in [0.2, 0.25) is 6.29 Å². The SMILES string of the molecule is CCO[C@H]1OC(C(=O)NCc2ccc(C(=O)Nc3ccccc3N)cc2)=C[C@@H](c2coc3ccccc3c2=O)[C@H]1CCCO. The van der Waals surface area contributed by atoms with Crippen molar-refractivity contribution in [3.8, 4) is 0 Å². The minimum atomic E-state index is -0.815. The second-order valence-electron chi connectivity index (χ2n) is 10.5. The second-order valence-corrected chi connectivity index (χ2v) is 10.5. The molecule has 44 heavy (non-hydrogen) atoms. The Balaban J connectivity index is 1.34. The van der Waals surface area contributed by atoms with Crippen LogP contribution in [0.5, 0.6) is 0 Å². The summed E-state index contributed by atoms with van der Waals surface area (Å²) in [5.41, 5.74) is 8.77. The first kappa shape index (κ1) is 30.5. The van der Waals surface area contributed by atoms with Crippen molar-refractivity contribution in [2.24, 2.45) is 5.92 Å². The van der Waals surface area contributed by atoms with Crippen molar-refractivity contribution in [1.29, 1.82) is 0 Å². The van der Waals surface area contributed by atoms with Crippen molar-refractivity contribution in [3.05, 3.63) is 118 Å². The molecule has 2 heterocycles. The largest absolute Gasteiger partial charge is 0.464 e. The predicted molar refractivity (Wildman–Crippen MR) is 167 cm³/mol. The maximum absolute atomic E-state index is 13.5. The number of anilines is 2. The zero-order valence-electron chi connectivity index (χ0n) is 24.3. The highest BCUT2D eigenvalue weighted by Gasteiger charge is 2.39. The maximum atomic E-state index is 13.5. The van der Waals surface area contributed by atoms with E-state index in [1.54, 1.807) is 78.9 Å². The molecule has 0 radical (unpaired) electrons. The van der Waals surface area contributed by atoms with Crippen LogP contribution in [0.2, 0.25) is 0 Å². The molecule has 0 saturated heterocycles. The number of hydrogen-bond donors (Lipinski definition) is 4. The summed E-state index contributed by atoms with van der Waals surface area (Å²) in [4.78, 5) is 39.5. The number of para-hydroxylation sites is 3. The van der Waals surface area contributed by atoms with E-state index in [1.807, 2.05) is 6.92 Å². The van der Waals surface area contributed by atoms with Crippen LogP contribution >= 0.6 is 0 Å². The molecule has 0 bridgehead atoms. The summed E-state index contributed by atoms with van der Waals surface area (Å²) in [6.07, 6.45) is 3.22. The van der Waals surface area contributed by atoms with Crippen LogP contribution in [0.3, 0.4) is 0 Å². The Morgan fingerprint density at radius 1 is 1.00 bits per heavy atom. The van der Waals surface area contributed by atoms with Gasteiger partial charge in [0.25, 0.3) is 11.8 Å². The number of nitrogens with one attached hydrogen (secondary N) is 2. The first-order chi connectivity index (χ1) is 21.4. The fraction of sp³-hybridized carbons (Fsp3) is 0.265. The Morgan fingerprint density at radius 2 is 1.75 bits per heavy atom. The number of carbonyl (C=O) groups is 2. The number of ether oxygens (including phenoxy) is 2. The van der Waals surface area contributed by atoms with Gasteiger partial charge in [-0.3, -0.25) is 14.4 Å². The van der Waals surface area contributed by atoms with Crippen LogP contribution in [0.15, 0.2) is 100 Å². The number of nitrogen functional groups attached to an aromatic ring is 1. The van der Waals surface area contributed by atoms with Crippen molar-refractivity contribution in [1.82, 2.24) is 5.32 Å². The van der Waals surface area contributed by atoms with Gasteiger partial charge < -0.3 is 35.4 Å². The topological polar surface area (TPSA) is 153 Å². The van der Waals surface area contributed by atoms with Crippen LogP contribution in [0.25, 0.3) is 11.0 Å². The lowest BCUT2D eigenvalue weighted by atomic mass is 9.81. The molecule has 5 rings (SSSR count). The Bertz CT molecular complexity index is 1710. The fourth-order valence-electron chi connectivity index (χ4n) is 5.29. The van der Waals surface area contributed by atoms with Gasteiger partial charge in [0.1, 0.15) is 5.58 Å². The van der Waals surface area contributed by atoms with Gasteiger partial charge in [-0.25, -0.2) is 0 Å². The monoisotopic (exact) mass is 597 g/mol. The molecule has 0 aliphatic carbocycles. The average molecular weight is 598 g/mol. The molecule has 228 valence electrons. The first-order valence-corrected chi connectivity index (χ1v) is 14.5. The number of carbonyl (C=O) groups excluding carboxylic acids is 2. The predicted octanol–water partition coefficient (Wildman–Crippen LogP) is 4.69. The van der Waals surface area contributed by atoms with Crippen molar-refractivity contribution in [2.75, 3.05) is 24.3 Å². The van der Waals surface area contributed by atoms with E-state index in [0.29, 0.717) is 52.9 Å². The van der Waals surface area contributed by atoms with Crippen molar-refractivity contribution >= 4 is 34.2 Å². The molecule has 0 unspecified atom stereocenters. The average Bonchev–Trinajstić information content (AvgIpc) is 3.04. The number of rotatable bonds is 11. The van der Waals surface area contributed by atoms with Gasteiger partial charge in [-0.2, -0.15) is 0 Å². The minimum Gasteiger partial charge on any atom is -0.464 e. The summed E-state index contributed by atoms with van der Waals surface area (Å²) in [6, 6.07) is 20.8. The smallest absolute Gasteiger partial charge is 0.286 e. The normalized spacial score (nSPS) is 17.9. The van der Waals surface area contributed by atoms with E-state index >= 15 is 0 Å². The molecule has 0 saturated carbocycles. The molecule has 1 aliphatic rings. The van der Waals surface area contributed by atoms with Crippen molar-refractivity contribution in [3.63, 3.8) is 0 Å². The maximum Gasteiger partial charge on any atom is 0.286 e. The molecule has 3 atom stereocenters. The number of allylic oxidation sites excluding steroid dienone is 1. The number of benzene rings is 3. The number of aliphatic hydroxyl groups is 1. The number of nitrogens with two attached hydrogens (primary N) is 1. The van der Waals surface area contributed by atoms with E-state index in [0.717, 1.165) is 5.56 Å². The van der Waals surface area contributed by atoms with E-state index in [4.69, 9.17) is 19.6 Å². The quantitative estimate of drug-likeness (QED) is 0.182. The highest BCUT2D eigenvalue weighted by molar-refractivity contribution is 6.05. The van der Waals surface area contributed by atoms with Crippen molar-refractivity contribution < 1.29 is 28.6 Å². The number of aliphatic hydroxyl groups excluding tert-OH is 1. The van der Waals surface area contributed by atoms with E-state index in [-0.39, 0.29) is 36.2 Å². The standard InChI is InChI=1S/C34H35N3O7/c1-2-42-34-23(9-7-17-38)25(26-20-43-29-12-6-3-8-24(29)31(26)39)18-30(44-34)33(41)36-19-21-13-15-22(16-14-21)32(40)37-28-11-5-4-10-27(28)35/h3-6,8,10-16,18,20,23,25,34,38H,2,7,9,17,19,35H2,1H3,(H,36,41)(H,37,40)/t23-,25-,34+/m1/s1. The lowest BCUT2D eigenvalue weighted by Gasteiger charge is -2.36. The summed E-state index contributed by atoms with van der Waals surface area (Å²) in [5.74, 6) is -1.65. The summed E-state index contributed by atoms with van der Waals surface area (Å²) < 4.78 is 17.7. The molecule has 5 N–H and O–H groups in total. The molecule has 1 aromatic heterocycles. The molecule has 10 heteroatoms. The Morgan fingerprint density at radius 3 is 2.50 bits per heavy atom. The van der Waals surface area contributed by atoms with E-state index in [2.05, 4.69) is 10.6 Å². The molecule has 1 aliphatic heterocycles. The zero-order chi connectivity index (χ0) is 31.1. The highest BCUT2D eigenvalue weighted by atomic mass is 16.7. The van der Waals surface area contributed by atoms with E-state index < -0.39 is 18.1 Å². The van der Waals surface area contributed by atoms with Gasteiger partial charge in [0.15, 0.2) is 11.2 Å². The Labute approximate surface area is 254 Å². The third-order valence-corrected chi connectivity index (χ3v) is 7.58. The molecule has 2 amide bonds. The van der Waals surface area contributed by atoms with Crippen molar-refractivity contribution in [2.45, 2.75) is 38.5 Å². The van der Waals surface area contributed by atoms with Gasteiger partial charge in [-0.1, -0.05) is 36.4 Å². The summed E-state index contributed by atoms with van der Waals surface area (Å²) >= 11 is 0. The third kappa shape index (κ3) is 6.82. The number of fused-ring (bicyclic) bond motifs is 1. The highest BCUT2D eigenvalue weighted by Crippen LogP contribution is 2.39.